The van der Waals surface area contributed by atoms with Gasteiger partial charge in [0.2, 0.25) is 0 Å². The van der Waals surface area contributed by atoms with Gasteiger partial charge in [-0.15, -0.1) is 11.3 Å². The summed E-state index contributed by atoms with van der Waals surface area (Å²) in [6.07, 6.45) is 0. The third kappa shape index (κ3) is 3.08. The summed E-state index contributed by atoms with van der Waals surface area (Å²) in [5, 5.41) is 10.5. The number of carboxylic acids is 1. The first-order valence-electron chi connectivity index (χ1n) is 4.51. The van der Waals surface area contributed by atoms with Gasteiger partial charge >= 0.3 is 5.97 Å². The lowest BCUT2D eigenvalue weighted by atomic mass is 10.3. The van der Waals surface area contributed by atoms with E-state index in [0.717, 1.165) is 20.3 Å². The Labute approximate surface area is 118 Å². The highest BCUT2D eigenvalue weighted by Crippen LogP contribution is 2.33. The van der Waals surface area contributed by atoms with Crippen molar-refractivity contribution in [1.82, 2.24) is 0 Å². The molecule has 0 atom stereocenters. The normalized spacial score (nSPS) is 10.2. The zero-order valence-electron chi connectivity index (χ0n) is 8.31. The summed E-state index contributed by atoms with van der Waals surface area (Å²) >= 11 is 7.85. The molecule has 2 aromatic rings. The molecule has 0 saturated carbocycles. The zero-order valence-corrected chi connectivity index (χ0v) is 12.3. The number of ether oxygens (including phenoxy) is 1. The SMILES string of the molecule is O=C(O)c1cc(Oc2ccc(Br)cc2Br)cs1. The number of halogens is 2. The highest BCUT2D eigenvalue weighted by molar-refractivity contribution is 9.11. The Morgan fingerprint density at radius 1 is 1.29 bits per heavy atom. The van der Waals surface area contributed by atoms with E-state index >= 15 is 0 Å². The summed E-state index contributed by atoms with van der Waals surface area (Å²) < 4.78 is 7.31. The average Bonchev–Trinajstić information content (AvgIpc) is 2.71. The number of hydrogen-bond donors (Lipinski definition) is 1. The largest absolute Gasteiger partial charge is 0.477 e. The lowest BCUT2D eigenvalue weighted by Gasteiger charge is -2.05. The Balaban J connectivity index is 2.22. The molecule has 1 N–H and O–H groups in total. The second-order valence-corrected chi connectivity index (χ2v) is 5.81. The fourth-order valence-electron chi connectivity index (χ4n) is 1.17. The lowest BCUT2D eigenvalue weighted by Crippen LogP contribution is -1.90. The first kappa shape index (κ1) is 12.6. The molecule has 6 heteroatoms. The summed E-state index contributed by atoms with van der Waals surface area (Å²) in [6, 6.07) is 7.01. The van der Waals surface area contributed by atoms with Gasteiger partial charge in [0, 0.05) is 15.9 Å². The molecule has 0 unspecified atom stereocenters. The molecule has 0 aliphatic carbocycles. The molecule has 0 bridgehead atoms. The minimum Gasteiger partial charge on any atom is -0.477 e. The van der Waals surface area contributed by atoms with Crippen LogP contribution in [-0.4, -0.2) is 11.1 Å². The van der Waals surface area contributed by atoms with E-state index in [1.54, 1.807) is 11.4 Å². The van der Waals surface area contributed by atoms with Gasteiger partial charge < -0.3 is 9.84 Å². The molecular weight excluding hydrogens is 372 g/mol. The van der Waals surface area contributed by atoms with Crippen LogP contribution in [0.4, 0.5) is 0 Å². The second-order valence-electron chi connectivity index (χ2n) is 3.13. The van der Waals surface area contributed by atoms with Crippen LogP contribution in [0.3, 0.4) is 0 Å². The quantitative estimate of drug-likeness (QED) is 0.838. The van der Waals surface area contributed by atoms with Crippen LogP contribution in [0.1, 0.15) is 9.67 Å². The van der Waals surface area contributed by atoms with E-state index in [4.69, 9.17) is 9.84 Å². The van der Waals surface area contributed by atoms with Crippen LogP contribution in [-0.2, 0) is 0 Å². The van der Waals surface area contributed by atoms with E-state index in [1.165, 1.54) is 6.07 Å². The molecule has 1 aromatic heterocycles. The van der Waals surface area contributed by atoms with Gasteiger partial charge in [0.15, 0.2) is 0 Å². The third-order valence-corrected chi connectivity index (χ3v) is 3.92. The Hall–Kier alpha value is -0.850. The maximum Gasteiger partial charge on any atom is 0.346 e. The number of carbonyl (C=O) groups is 1. The molecule has 0 fully saturated rings. The first-order valence-corrected chi connectivity index (χ1v) is 6.97. The molecule has 0 radical (unpaired) electrons. The Morgan fingerprint density at radius 3 is 2.65 bits per heavy atom. The number of aromatic carboxylic acids is 1. The molecule has 0 spiro atoms. The molecule has 3 nitrogen and oxygen atoms in total. The summed E-state index contributed by atoms with van der Waals surface area (Å²) in [5.41, 5.74) is 0. The monoisotopic (exact) mass is 376 g/mol. The highest BCUT2D eigenvalue weighted by atomic mass is 79.9. The van der Waals surface area contributed by atoms with Crippen molar-refractivity contribution in [3.8, 4) is 11.5 Å². The van der Waals surface area contributed by atoms with Crippen molar-refractivity contribution in [2.24, 2.45) is 0 Å². The molecule has 0 saturated heterocycles. The highest BCUT2D eigenvalue weighted by Gasteiger charge is 2.09. The van der Waals surface area contributed by atoms with Crippen LogP contribution in [0.2, 0.25) is 0 Å². The van der Waals surface area contributed by atoms with Crippen LogP contribution >= 0.6 is 43.2 Å². The van der Waals surface area contributed by atoms with Crippen LogP contribution in [0, 0.1) is 0 Å². The van der Waals surface area contributed by atoms with Gasteiger partial charge in [-0.3, -0.25) is 0 Å². The maximum absolute atomic E-state index is 10.7. The predicted octanol–water partition coefficient (Wildman–Crippen LogP) is 4.76. The van der Waals surface area contributed by atoms with Crippen molar-refractivity contribution in [1.29, 1.82) is 0 Å². The van der Waals surface area contributed by atoms with Gasteiger partial charge in [-0.05, 0) is 34.1 Å². The van der Waals surface area contributed by atoms with Crippen molar-refractivity contribution >= 4 is 49.2 Å². The molecule has 1 heterocycles. The minimum absolute atomic E-state index is 0.258. The van der Waals surface area contributed by atoms with E-state index < -0.39 is 5.97 Å². The molecule has 88 valence electrons. The average molecular weight is 378 g/mol. The first-order chi connectivity index (χ1) is 8.06. The van der Waals surface area contributed by atoms with Crippen molar-refractivity contribution in [2.45, 2.75) is 0 Å². The number of thiophene rings is 1. The lowest BCUT2D eigenvalue weighted by molar-refractivity contribution is 0.0702. The van der Waals surface area contributed by atoms with Gasteiger partial charge in [-0.2, -0.15) is 0 Å². The minimum atomic E-state index is -0.945. The number of rotatable bonds is 3. The summed E-state index contributed by atoms with van der Waals surface area (Å²) in [4.78, 5) is 11.0. The molecule has 0 aliphatic heterocycles. The molecule has 17 heavy (non-hydrogen) atoms. The fourth-order valence-corrected chi connectivity index (χ4v) is 2.94. The van der Waals surface area contributed by atoms with Gasteiger partial charge in [0.05, 0.1) is 4.47 Å². The van der Waals surface area contributed by atoms with Crippen molar-refractivity contribution in [3.63, 3.8) is 0 Å². The zero-order chi connectivity index (χ0) is 12.4. The fraction of sp³-hybridized carbons (Fsp3) is 0. The van der Waals surface area contributed by atoms with E-state index in [-0.39, 0.29) is 4.88 Å². The Bertz CT molecular complexity index is 566. The second kappa shape index (κ2) is 5.20. The number of carboxylic acid groups (broad SMARTS) is 1. The van der Waals surface area contributed by atoms with E-state index in [1.807, 2.05) is 12.1 Å². The van der Waals surface area contributed by atoms with Gasteiger partial charge in [-0.25, -0.2) is 4.79 Å². The summed E-state index contributed by atoms with van der Waals surface area (Å²) in [6.45, 7) is 0. The van der Waals surface area contributed by atoms with E-state index in [0.29, 0.717) is 11.5 Å². The molecule has 1 aromatic carbocycles. The van der Waals surface area contributed by atoms with Crippen molar-refractivity contribution < 1.29 is 14.6 Å². The Morgan fingerprint density at radius 2 is 2.06 bits per heavy atom. The topological polar surface area (TPSA) is 46.5 Å². The standard InChI is InChI=1S/C11H6Br2O3S/c12-6-1-2-9(8(13)3-6)16-7-4-10(11(14)15)17-5-7/h1-5H,(H,14,15). The van der Waals surface area contributed by atoms with E-state index in [2.05, 4.69) is 31.9 Å². The summed E-state index contributed by atoms with van der Waals surface area (Å²) in [7, 11) is 0. The van der Waals surface area contributed by atoms with Crippen LogP contribution in [0.25, 0.3) is 0 Å². The summed E-state index contributed by atoms with van der Waals surface area (Å²) in [5.74, 6) is 0.220. The van der Waals surface area contributed by atoms with Crippen molar-refractivity contribution in [3.05, 3.63) is 43.5 Å². The molecular formula is C11H6Br2O3S. The molecule has 2 rings (SSSR count). The van der Waals surface area contributed by atoms with Crippen LogP contribution in [0.5, 0.6) is 11.5 Å². The third-order valence-electron chi connectivity index (χ3n) is 1.91. The van der Waals surface area contributed by atoms with Crippen LogP contribution < -0.4 is 4.74 Å². The number of hydrogen-bond acceptors (Lipinski definition) is 3. The number of benzene rings is 1. The van der Waals surface area contributed by atoms with Gasteiger partial charge in [0.25, 0.3) is 0 Å². The molecule has 0 amide bonds. The van der Waals surface area contributed by atoms with E-state index in [9.17, 15) is 4.79 Å². The van der Waals surface area contributed by atoms with Crippen molar-refractivity contribution in [2.75, 3.05) is 0 Å². The maximum atomic E-state index is 10.7. The predicted molar refractivity (Wildman–Crippen MR) is 73.2 cm³/mol. The van der Waals surface area contributed by atoms with Gasteiger partial charge in [0.1, 0.15) is 16.4 Å². The Kier molecular flexibility index (Phi) is 3.86. The smallest absolute Gasteiger partial charge is 0.346 e. The molecule has 0 aliphatic rings. The van der Waals surface area contributed by atoms with Gasteiger partial charge in [-0.1, -0.05) is 15.9 Å². The van der Waals surface area contributed by atoms with Crippen LogP contribution in [0.15, 0.2) is 38.6 Å².